The lowest BCUT2D eigenvalue weighted by atomic mass is 10.1. The lowest BCUT2D eigenvalue weighted by Crippen LogP contribution is -2.27. The number of halogens is 2. The van der Waals surface area contributed by atoms with Crippen molar-refractivity contribution in [2.24, 2.45) is 0 Å². The van der Waals surface area contributed by atoms with E-state index in [0.717, 1.165) is 10.2 Å². The number of hydrogen-bond donors (Lipinski definition) is 0. The maximum atomic E-state index is 13.3. The normalized spacial score (nSPS) is 11.7. The lowest BCUT2D eigenvalue weighted by Gasteiger charge is -2.19. The number of hydrogen-bond acceptors (Lipinski definition) is 6. The number of carbonyl (C=O) groups is 2. The first-order valence-corrected chi connectivity index (χ1v) is 11.9. The van der Waals surface area contributed by atoms with Gasteiger partial charge in [-0.25, -0.2) is 14.0 Å². The third-order valence-electron chi connectivity index (χ3n) is 4.52. The van der Waals surface area contributed by atoms with Crippen LogP contribution in [0, 0.1) is 5.82 Å². The largest absolute Gasteiger partial charge is 0.491 e. The van der Waals surface area contributed by atoms with Gasteiger partial charge in [0.15, 0.2) is 0 Å². The Morgan fingerprint density at radius 1 is 1.12 bits per heavy atom. The third-order valence-corrected chi connectivity index (χ3v) is 4.84. The molecule has 0 N–H and O–H groups in total. The number of aromatic nitrogens is 2. The molecular weight excluding hydrogens is 507 g/mol. The first-order chi connectivity index (χ1) is 16.1. The number of ether oxygens (including phenoxy) is 3. The number of esters is 1. The third kappa shape index (κ3) is 6.02. The van der Waals surface area contributed by atoms with Gasteiger partial charge in [-0.2, -0.15) is 9.78 Å². The maximum Gasteiger partial charge on any atom is 0.435 e. The molecule has 2 aromatic carbocycles. The zero-order valence-corrected chi connectivity index (χ0v) is 21.0. The van der Waals surface area contributed by atoms with Crippen molar-refractivity contribution in [3.63, 3.8) is 0 Å². The molecule has 0 saturated heterocycles. The summed E-state index contributed by atoms with van der Waals surface area (Å²) in [4.78, 5) is 25.6. The Hall–Kier alpha value is -3.20. The van der Waals surface area contributed by atoms with Crippen LogP contribution in [-0.2, 0) is 9.47 Å². The molecule has 0 saturated carbocycles. The Kier molecular flexibility index (Phi) is 8.09. The number of carbonyl (C=O) groups excluding carboxylic acids is 2. The fourth-order valence-corrected chi connectivity index (χ4v) is 3.34. The van der Waals surface area contributed by atoms with Crippen LogP contribution in [-0.4, -0.2) is 46.0 Å². The second kappa shape index (κ2) is 10.8. The molecule has 0 radical (unpaired) electrons. The molecule has 34 heavy (non-hydrogen) atoms. The fraction of sp³-hybridized carbons (Fsp3) is 0.320. The van der Waals surface area contributed by atoms with Crippen LogP contribution < -0.4 is 4.74 Å². The average Bonchev–Trinajstić information content (AvgIpc) is 3.15. The van der Waals surface area contributed by atoms with Crippen molar-refractivity contribution >= 4 is 51.0 Å². The highest BCUT2D eigenvalue weighted by molar-refractivity contribution is 9.09. The standard InChI is InChI=1S/C25H26BrFN2O5/c1-5-32-23(30)18-11-13-20-21(22(18)33-15-14-26)19(12-8-16-6-9-17(27)10-7-16)28-29(20)24(31)34-25(2,3)4/h6-13H,5,14-15H2,1-4H3. The van der Waals surface area contributed by atoms with Crippen molar-refractivity contribution in [3.05, 3.63) is 59.0 Å². The van der Waals surface area contributed by atoms with Gasteiger partial charge in [-0.3, -0.25) is 0 Å². The van der Waals surface area contributed by atoms with E-state index in [1.807, 2.05) is 0 Å². The molecule has 0 atom stereocenters. The van der Waals surface area contributed by atoms with Crippen molar-refractivity contribution < 1.29 is 28.2 Å². The summed E-state index contributed by atoms with van der Waals surface area (Å²) in [5, 5.41) is 5.43. The number of nitrogens with zero attached hydrogens (tertiary/aromatic N) is 2. The monoisotopic (exact) mass is 532 g/mol. The second-order valence-corrected chi connectivity index (χ2v) is 9.05. The van der Waals surface area contributed by atoms with Crippen molar-refractivity contribution in [3.8, 4) is 5.75 Å². The molecule has 0 aliphatic heterocycles. The minimum absolute atomic E-state index is 0.198. The molecule has 3 rings (SSSR count). The Morgan fingerprint density at radius 2 is 1.82 bits per heavy atom. The summed E-state index contributed by atoms with van der Waals surface area (Å²) in [6, 6.07) is 9.08. The van der Waals surface area contributed by atoms with Crippen molar-refractivity contribution in [2.45, 2.75) is 33.3 Å². The Balaban J connectivity index is 2.23. The minimum atomic E-state index is -0.736. The predicted molar refractivity (Wildman–Crippen MR) is 132 cm³/mol. The minimum Gasteiger partial charge on any atom is -0.491 e. The number of rotatable bonds is 7. The first kappa shape index (κ1) is 25.4. The molecule has 0 spiro atoms. The Labute approximate surface area is 205 Å². The number of benzene rings is 2. The summed E-state index contributed by atoms with van der Waals surface area (Å²) in [5.41, 5.74) is 0.993. The van der Waals surface area contributed by atoms with Crippen LogP contribution in [0.4, 0.5) is 9.18 Å². The van der Waals surface area contributed by atoms with E-state index in [-0.39, 0.29) is 30.3 Å². The van der Waals surface area contributed by atoms with Gasteiger partial charge in [-0.05, 0) is 63.6 Å². The summed E-state index contributed by atoms with van der Waals surface area (Å²) in [7, 11) is 0. The van der Waals surface area contributed by atoms with Crippen molar-refractivity contribution in [2.75, 3.05) is 18.5 Å². The molecule has 0 unspecified atom stereocenters. The van der Waals surface area contributed by atoms with Gasteiger partial charge >= 0.3 is 12.1 Å². The SMILES string of the molecule is CCOC(=O)c1ccc2c(c(C=Cc3ccc(F)cc3)nn2C(=O)OC(C)(C)C)c1OCCBr. The van der Waals surface area contributed by atoms with Gasteiger partial charge in [-0.15, -0.1) is 0 Å². The van der Waals surface area contributed by atoms with E-state index in [2.05, 4.69) is 21.0 Å². The molecule has 3 aromatic rings. The highest BCUT2D eigenvalue weighted by atomic mass is 79.9. The zero-order valence-electron chi connectivity index (χ0n) is 19.4. The van der Waals surface area contributed by atoms with E-state index in [4.69, 9.17) is 14.2 Å². The smallest absolute Gasteiger partial charge is 0.435 e. The summed E-state index contributed by atoms with van der Waals surface area (Å²) >= 11 is 3.33. The summed E-state index contributed by atoms with van der Waals surface area (Å²) in [6.45, 7) is 7.46. The summed E-state index contributed by atoms with van der Waals surface area (Å²) in [5.74, 6) is -0.641. The van der Waals surface area contributed by atoms with Crippen LogP contribution in [0.25, 0.3) is 23.1 Å². The van der Waals surface area contributed by atoms with Gasteiger partial charge in [0.2, 0.25) is 0 Å². The topological polar surface area (TPSA) is 79.7 Å². The van der Waals surface area contributed by atoms with Crippen LogP contribution in [0.5, 0.6) is 5.75 Å². The van der Waals surface area contributed by atoms with E-state index < -0.39 is 17.7 Å². The summed E-state index contributed by atoms with van der Waals surface area (Å²) in [6.07, 6.45) is 2.73. The molecule has 0 bridgehead atoms. The molecule has 180 valence electrons. The van der Waals surface area contributed by atoms with Crippen molar-refractivity contribution in [1.82, 2.24) is 9.78 Å². The molecule has 7 nitrogen and oxygen atoms in total. The fourth-order valence-electron chi connectivity index (χ4n) is 3.18. The molecular formula is C25H26BrFN2O5. The summed E-state index contributed by atoms with van der Waals surface area (Å²) < 4.78 is 31.1. The van der Waals surface area contributed by atoms with Crippen LogP contribution in [0.3, 0.4) is 0 Å². The average molecular weight is 533 g/mol. The molecule has 9 heteroatoms. The van der Waals surface area contributed by atoms with E-state index in [1.54, 1.807) is 64.1 Å². The van der Waals surface area contributed by atoms with Crippen LogP contribution in [0.1, 0.15) is 49.3 Å². The van der Waals surface area contributed by atoms with Crippen LogP contribution in [0.15, 0.2) is 36.4 Å². The highest BCUT2D eigenvalue weighted by Gasteiger charge is 2.26. The molecule has 0 aliphatic carbocycles. The van der Waals surface area contributed by atoms with Crippen LogP contribution >= 0.6 is 15.9 Å². The van der Waals surface area contributed by atoms with Gasteiger partial charge in [0.25, 0.3) is 0 Å². The molecule has 0 amide bonds. The number of fused-ring (bicyclic) bond motifs is 1. The first-order valence-electron chi connectivity index (χ1n) is 10.7. The zero-order chi connectivity index (χ0) is 24.9. The quantitative estimate of drug-likeness (QED) is 0.271. The molecule has 0 fully saturated rings. The van der Waals surface area contributed by atoms with Gasteiger partial charge in [0.05, 0.1) is 29.8 Å². The Bertz CT molecular complexity index is 1210. The van der Waals surface area contributed by atoms with E-state index in [1.165, 1.54) is 12.1 Å². The Morgan fingerprint density at radius 3 is 2.44 bits per heavy atom. The predicted octanol–water partition coefficient (Wildman–Crippen LogP) is 6.08. The number of alkyl halides is 1. The van der Waals surface area contributed by atoms with E-state index in [9.17, 15) is 14.0 Å². The van der Waals surface area contributed by atoms with Gasteiger partial charge < -0.3 is 14.2 Å². The lowest BCUT2D eigenvalue weighted by molar-refractivity contribution is 0.0513. The van der Waals surface area contributed by atoms with Gasteiger partial charge in [-0.1, -0.05) is 34.1 Å². The second-order valence-electron chi connectivity index (χ2n) is 8.26. The molecule has 0 aliphatic rings. The van der Waals surface area contributed by atoms with Crippen LogP contribution in [0.2, 0.25) is 0 Å². The molecule has 1 heterocycles. The van der Waals surface area contributed by atoms with Crippen molar-refractivity contribution in [1.29, 1.82) is 0 Å². The van der Waals surface area contributed by atoms with E-state index >= 15 is 0 Å². The maximum absolute atomic E-state index is 13.3. The van der Waals surface area contributed by atoms with Gasteiger partial charge in [0, 0.05) is 5.33 Å². The van der Waals surface area contributed by atoms with E-state index in [0.29, 0.717) is 21.9 Å². The highest BCUT2D eigenvalue weighted by Crippen LogP contribution is 2.35. The van der Waals surface area contributed by atoms with Gasteiger partial charge in [0.1, 0.15) is 22.7 Å². The molecule has 1 aromatic heterocycles.